The molecule has 0 aliphatic rings. The van der Waals surface area contributed by atoms with E-state index in [-0.39, 0.29) is 10.7 Å². The van der Waals surface area contributed by atoms with Gasteiger partial charge < -0.3 is 10.4 Å². The van der Waals surface area contributed by atoms with Crippen LogP contribution in [0.15, 0.2) is 24.3 Å². The highest BCUT2D eigenvalue weighted by atomic mass is 127. The molecule has 10 heteroatoms. The summed E-state index contributed by atoms with van der Waals surface area (Å²) in [7, 11) is 0. The van der Waals surface area contributed by atoms with Gasteiger partial charge in [0.2, 0.25) is 0 Å². The molecule has 0 aliphatic heterocycles. The van der Waals surface area contributed by atoms with Gasteiger partial charge in [-0.1, -0.05) is 11.6 Å². The first-order valence-electron chi connectivity index (χ1n) is 7.21. The topological polar surface area (TPSA) is 70.6 Å². The molecule has 1 unspecified atom stereocenters. The molecular formula is C16H13ClF3IN2O3. The minimum Gasteiger partial charge on any atom is -0.394 e. The second kappa shape index (κ2) is 8.89. The third-order valence-electron chi connectivity index (χ3n) is 3.21. The van der Waals surface area contributed by atoms with Gasteiger partial charge in [-0.25, -0.2) is 18.7 Å². The third-order valence-corrected chi connectivity index (χ3v) is 4.19. The number of halogens is 5. The van der Waals surface area contributed by atoms with Crippen LogP contribution in [0.4, 0.5) is 24.5 Å². The number of hydrogen-bond donors (Lipinski definition) is 3. The molecule has 2 rings (SSSR count). The maximum absolute atomic E-state index is 14.3. The molecule has 0 heterocycles. The second-order valence-electron chi connectivity index (χ2n) is 5.20. The van der Waals surface area contributed by atoms with Crippen LogP contribution in [-0.2, 0) is 4.84 Å². The highest BCUT2D eigenvalue weighted by Crippen LogP contribution is 2.32. The molecule has 5 nitrogen and oxygen atoms in total. The van der Waals surface area contributed by atoms with Gasteiger partial charge in [0.15, 0.2) is 17.5 Å². The van der Waals surface area contributed by atoms with Crippen molar-refractivity contribution in [2.24, 2.45) is 0 Å². The lowest BCUT2D eigenvalue weighted by molar-refractivity contribution is -0.0304. The zero-order valence-electron chi connectivity index (χ0n) is 13.2. The second-order valence-corrected chi connectivity index (χ2v) is 6.85. The van der Waals surface area contributed by atoms with Gasteiger partial charge in [0.25, 0.3) is 5.91 Å². The number of nitrogens with one attached hydrogen (secondary N) is 2. The Balaban J connectivity index is 2.43. The van der Waals surface area contributed by atoms with Crippen LogP contribution < -0.4 is 10.8 Å². The van der Waals surface area contributed by atoms with E-state index < -0.39 is 47.3 Å². The Morgan fingerprint density at radius 2 is 2.00 bits per heavy atom. The van der Waals surface area contributed by atoms with Gasteiger partial charge >= 0.3 is 0 Å². The summed E-state index contributed by atoms with van der Waals surface area (Å²) in [6.45, 7) is 1.06. The Labute approximate surface area is 165 Å². The Bertz CT molecular complexity index is 839. The number of benzene rings is 2. The van der Waals surface area contributed by atoms with Crippen molar-refractivity contribution >= 4 is 51.5 Å². The zero-order valence-corrected chi connectivity index (χ0v) is 16.2. The lowest BCUT2D eigenvalue weighted by atomic mass is 10.1. The summed E-state index contributed by atoms with van der Waals surface area (Å²) in [5.74, 6) is -5.90. The van der Waals surface area contributed by atoms with E-state index in [1.807, 2.05) is 28.1 Å². The summed E-state index contributed by atoms with van der Waals surface area (Å²) in [6, 6.07) is 5.24. The van der Waals surface area contributed by atoms with Crippen LogP contribution >= 0.6 is 34.2 Å². The van der Waals surface area contributed by atoms with Crippen molar-refractivity contribution in [3.05, 3.63) is 55.9 Å². The number of amides is 1. The molecule has 2 aromatic carbocycles. The van der Waals surface area contributed by atoms with Crippen molar-refractivity contribution < 1.29 is 27.9 Å². The molecule has 26 heavy (non-hydrogen) atoms. The summed E-state index contributed by atoms with van der Waals surface area (Å²) in [6.07, 6.45) is -0.754. The molecule has 1 atom stereocenters. The number of aliphatic hydroxyl groups excluding tert-OH is 1. The van der Waals surface area contributed by atoms with Gasteiger partial charge in [-0.05, 0) is 53.8 Å². The van der Waals surface area contributed by atoms with Gasteiger partial charge in [-0.2, -0.15) is 0 Å². The van der Waals surface area contributed by atoms with E-state index in [4.69, 9.17) is 21.5 Å². The van der Waals surface area contributed by atoms with E-state index in [2.05, 4.69) is 5.32 Å². The number of hydroxylamine groups is 1. The van der Waals surface area contributed by atoms with Gasteiger partial charge in [-0.3, -0.25) is 9.63 Å². The highest BCUT2D eigenvalue weighted by Gasteiger charge is 2.24. The number of carbonyl (C=O) groups is 1. The van der Waals surface area contributed by atoms with Crippen LogP contribution in [0, 0.1) is 21.0 Å². The minimum absolute atomic E-state index is 0.190. The van der Waals surface area contributed by atoms with E-state index >= 15 is 0 Å². The lowest BCUT2D eigenvalue weighted by Crippen LogP contribution is -2.30. The molecule has 0 saturated carbocycles. The molecule has 1 amide bonds. The Kier molecular flexibility index (Phi) is 7.09. The Morgan fingerprint density at radius 3 is 2.62 bits per heavy atom. The van der Waals surface area contributed by atoms with E-state index in [0.717, 1.165) is 3.57 Å². The summed E-state index contributed by atoms with van der Waals surface area (Å²) < 4.78 is 42.3. The van der Waals surface area contributed by atoms with Crippen LogP contribution in [-0.4, -0.2) is 23.7 Å². The first-order valence-corrected chi connectivity index (χ1v) is 8.66. The molecule has 0 spiro atoms. The molecule has 0 bridgehead atoms. The van der Waals surface area contributed by atoms with Crippen molar-refractivity contribution in [2.75, 3.05) is 11.9 Å². The zero-order chi connectivity index (χ0) is 19.4. The number of anilines is 2. The third kappa shape index (κ3) is 4.78. The normalized spacial score (nSPS) is 12.0. The summed E-state index contributed by atoms with van der Waals surface area (Å²) in [5.41, 5.74) is 0.988. The van der Waals surface area contributed by atoms with E-state index in [1.54, 1.807) is 12.1 Å². The molecule has 2 aromatic rings. The molecule has 0 aliphatic carbocycles. The number of rotatable bonds is 6. The van der Waals surface area contributed by atoms with Crippen molar-refractivity contribution in [3.63, 3.8) is 0 Å². The predicted molar refractivity (Wildman–Crippen MR) is 98.9 cm³/mol. The average molecular weight is 501 g/mol. The first kappa shape index (κ1) is 20.7. The van der Waals surface area contributed by atoms with Crippen LogP contribution in [0.25, 0.3) is 0 Å². The molecule has 0 saturated heterocycles. The van der Waals surface area contributed by atoms with Gasteiger partial charge in [0.1, 0.15) is 6.10 Å². The molecule has 0 radical (unpaired) electrons. The molecule has 3 N–H and O–H groups in total. The van der Waals surface area contributed by atoms with Crippen molar-refractivity contribution in [1.29, 1.82) is 0 Å². The lowest BCUT2D eigenvalue weighted by Gasteiger charge is -2.16. The fourth-order valence-corrected chi connectivity index (χ4v) is 2.77. The van der Waals surface area contributed by atoms with Crippen LogP contribution in [0.3, 0.4) is 0 Å². The fourth-order valence-electron chi connectivity index (χ4n) is 1.87. The monoisotopic (exact) mass is 500 g/mol. The largest absolute Gasteiger partial charge is 0.394 e. The summed E-state index contributed by atoms with van der Waals surface area (Å²) in [4.78, 5) is 17.0. The summed E-state index contributed by atoms with van der Waals surface area (Å²) in [5, 5.41) is 11.6. The van der Waals surface area contributed by atoms with Crippen molar-refractivity contribution in [3.8, 4) is 0 Å². The smallest absolute Gasteiger partial charge is 0.277 e. The molecular weight excluding hydrogens is 488 g/mol. The van der Waals surface area contributed by atoms with Crippen LogP contribution in [0.2, 0.25) is 5.02 Å². The Hall–Kier alpha value is -1.56. The van der Waals surface area contributed by atoms with Crippen LogP contribution in [0.1, 0.15) is 17.3 Å². The molecule has 0 fully saturated rings. The van der Waals surface area contributed by atoms with E-state index in [1.165, 1.54) is 13.0 Å². The maximum Gasteiger partial charge on any atom is 0.277 e. The van der Waals surface area contributed by atoms with Crippen molar-refractivity contribution in [2.45, 2.75) is 13.0 Å². The standard InChI is InChI=1S/C16H13ClF3IN2O3/c1-7(6-24)26-23-16(25)9-5-11(18)13(19)14(20)15(9)22-12-3-2-8(21)4-10(12)17/h2-5,7,22,24H,6H2,1H3,(H,23,25). The maximum atomic E-state index is 14.3. The molecule has 0 aromatic heterocycles. The first-order chi connectivity index (χ1) is 12.2. The predicted octanol–water partition coefficient (Wildman–Crippen LogP) is 4.15. The van der Waals surface area contributed by atoms with Crippen molar-refractivity contribution in [1.82, 2.24) is 5.48 Å². The summed E-state index contributed by atoms with van der Waals surface area (Å²) >= 11 is 8.06. The van der Waals surface area contributed by atoms with Gasteiger partial charge in [0.05, 0.1) is 28.6 Å². The highest BCUT2D eigenvalue weighted by molar-refractivity contribution is 14.1. The van der Waals surface area contributed by atoms with Gasteiger partial charge in [0, 0.05) is 3.57 Å². The Morgan fingerprint density at radius 1 is 1.31 bits per heavy atom. The van der Waals surface area contributed by atoms with Crippen LogP contribution in [0.5, 0.6) is 0 Å². The average Bonchev–Trinajstić information content (AvgIpc) is 2.61. The number of hydrogen-bond acceptors (Lipinski definition) is 4. The van der Waals surface area contributed by atoms with E-state index in [0.29, 0.717) is 6.07 Å². The van der Waals surface area contributed by atoms with Gasteiger partial charge in [-0.15, -0.1) is 0 Å². The number of carbonyl (C=O) groups excluding carboxylic acids is 1. The van der Waals surface area contributed by atoms with E-state index in [9.17, 15) is 18.0 Å². The fraction of sp³-hybridized carbons (Fsp3) is 0.188. The quantitative estimate of drug-likeness (QED) is 0.317. The molecule has 140 valence electrons. The minimum atomic E-state index is -1.74. The number of aliphatic hydroxyl groups is 1. The SMILES string of the molecule is CC(CO)ONC(=O)c1cc(F)c(F)c(F)c1Nc1ccc(I)cc1Cl.